The normalized spacial score (nSPS) is 15.3. The smallest absolute Gasteiger partial charge is 0.319 e. The molecule has 7 nitrogen and oxygen atoms in total. The summed E-state index contributed by atoms with van der Waals surface area (Å²) in [7, 11) is 1.97. The molecule has 29 heavy (non-hydrogen) atoms. The zero-order valence-corrected chi connectivity index (χ0v) is 17.2. The van der Waals surface area contributed by atoms with Gasteiger partial charge in [-0.2, -0.15) is 0 Å². The van der Waals surface area contributed by atoms with Crippen molar-refractivity contribution in [1.82, 2.24) is 19.8 Å². The number of carbonyl (C=O) groups excluding carboxylic acids is 1. The Hall–Kier alpha value is -2.71. The number of benzene rings is 1. The third-order valence-electron chi connectivity index (χ3n) is 5.01. The van der Waals surface area contributed by atoms with Crippen LogP contribution >= 0.6 is 11.8 Å². The number of urea groups is 1. The van der Waals surface area contributed by atoms with Crippen molar-refractivity contribution in [1.29, 1.82) is 0 Å². The zero-order valence-electron chi connectivity index (χ0n) is 16.4. The zero-order chi connectivity index (χ0) is 20.1. The van der Waals surface area contributed by atoms with Crippen LogP contribution < -0.4 is 10.6 Å². The number of likely N-dealkylation sites (tertiary alicyclic amines) is 1. The van der Waals surface area contributed by atoms with Crippen LogP contribution in [-0.4, -0.2) is 40.1 Å². The van der Waals surface area contributed by atoms with Gasteiger partial charge >= 0.3 is 6.03 Å². The molecular weight excluding hydrogens is 386 g/mol. The van der Waals surface area contributed by atoms with Crippen molar-refractivity contribution in [2.75, 3.05) is 25.0 Å². The molecule has 1 fully saturated rings. The highest BCUT2D eigenvalue weighted by Crippen LogP contribution is 2.27. The number of imidazole rings is 1. The average Bonchev–Trinajstić information content (AvgIpc) is 3.48. The number of aromatic nitrogens is 2. The van der Waals surface area contributed by atoms with Crippen molar-refractivity contribution < 1.29 is 9.21 Å². The van der Waals surface area contributed by atoms with Crippen LogP contribution in [0.1, 0.15) is 24.6 Å². The van der Waals surface area contributed by atoms with Gasteiger partial charge in [0.1, 0.15) is 5.76 Å². The molecule has 2 aromatic heterocycles. The summed E-state index contributed by atoms with van der Waals surface area (Å²) in [6.45, 7) is 2.57. The molecule has 8 heteroatoms. The van der Waals surface area contributed by atoms with Gasteiger partial charge in [-0.25, -0.2) is 9.78 Å². The highest BCUT2D eigenvalue weighted by molar-refractivity contribution is 7.99. The lowest BCUT2D eigenvalue weighted by Crippen LogP contribution is -2.38. The van der Waals surface area contributed by atoms with Crippen molar-refractivity contribution >= 4 is 23.5 Å². The Bertz CT molecular complexity index is 917. The van der Waals surface area contributed by atoms with Crippen molar-refractivity contribution in [3.05, 3.63) is 60.8 Å². The van der Waals surface area contributed by atoms with E-state index < -0.39 is 0 Å². The number of hydrogen-bond acceptors (Lipinski definition) is 5. The maximum Gasteiger partial charge on any atom is 0.319 e. The van der Waals surface area contributed by atoms with E-state index in [0.29, 0.717) is 6.54 Å². The number of amides is 2. The maximum atomic E-state index is 12.4. The highest BCUT2D eigenvalue weighted by Gasteiger charge is 2.25. The molecule has 1 aliphatic heterocycles. The first-order valence-corrected chi connectivity index (χ1v) is 10.6. The van der Waals surface area contributed by atoms with Crippen LogP contribution in [0.5, 0.6) is 0 Å². The molecule has 1 aromatic carbocycles. The summed E-state index contributed by atoms with van der Waals surface area (Å²) in [5.74, 6) is 0.892. The summed E-state index contributed by atoms with van der Waals surface area (Å²) in [5, 5.41) is 6.81. The van der Waals surface area contributed by atoms with E-state index in [1.165, 1.54) is 12.8 Å². The van der Waals surface area contributed by atoms with Gasteiger partial charge in [-0.15, -0.1) is 0 Å². The molecule has 4 rings (SSSR count). The van der Waals surface area contributed by atoms with Gasteiger partial charge in [-0.3, -0.25) is 4.90 Å². The fraction of sp³-hybridized carbons (Fsp3) is 0.333. The van der Waals surface area contributed by atoms with Crippen molar-refractivity contribution in [3.8, 4) is 0 Å². The molecule has 0 bridgehead atoms. The van der Waals surface area contributed by atoms with Gasteiger partial charge in [0.2, 0.25) is 0 Å². The number of anilines is 1. The lowest BCUT2D eigenvalue weighted by molar-refractivity contribution is 0.207. The van der Waals surface area contributed by atoms with Crippen molar-refractivity contribution in [2.24, 2.45) is 7.05 Å². The minimum absolute atomic E-state index is 0.0646. The number of furan rings is 1. The number of nitrogens with zero attached hydrogens (tertiary/aromatic N) is 3. The predicted octanol–water partition coefficient (Wildman–Crippen LogP) is 4.12. The highest BCUT2D eigenvalue weighted by atomic mass is 32.2. The molecule has 1 saturated heterocycles. The SMILES string of the molecule is Cn1ccnc1Sc1ccc(NC(=O)NCC(c2ccco2)N2CCCC2)cc1. The molecule has 0 radical (unpaired) electrons. The molecule has 0 spiro atoms. The van der Waals surface area contributed by atoms with Crippen molar-refractivity contribution in [2.45, 2.75) is 28.9 Å². The van der Waals surface area contributed by atoms with E-state index in [0.717, 1.165) is 34.6 Å². The van der Waals surface area contributed by atoms with Crippen LogP contribution in [0.15, 0.2) is 69.5 Å². The van der Waals surface area contributed by atoms with E-state index >= 15 is 0 Å². The summed E-state index contributed by atoms with van der Waals surface area (Å²) in [5.41, 5.74) is 0.752. The van der Waals surface area contributed by atoms with Gasteiger partial charge in [0.25, 0.3) is 0 Å². The van der Waals surface area contributed by atoms with Crippen LogP contribution in [-0.2, 0) is 7.05 Å². The van der Waals surface area contributed by atoms with E-state index in [1.54, 1.807) is 24.2 Å². The summed E-state index contributed by atoms with van der Waals surface area (Å²) in [6.07, 6.45) is 7.75. The van der Waals surface area contributed by atoms with Crippen molar-refractivity contribution in [3.63, 3.8) is 0 Å². The number of nitrogens with one attached hydrogen (secondary N) is 2. The molecule has 2 amide bonds. The minimum Gasteiger partial charge on any atom is -0.468 e. The third kappa shape index (κ3) is 5.02. The molecule has 0 aliphatic carbocycles. The molecular formula is C21H25N5O2S. The van der Waals surface area contributed by atoms with E-state index in [1.807, 2.05) is 54.2 Å². The van der Waals surface area contributed by atoms with Crippen LogP contribution in [0, 0.1) is 0 Å². The lowest BCUT2D eigenvalue weighted by Gasteiger charge is -2.26. The Morgan fingerprint density at radius 2 is 2.03 bits per heavy atom. The second-order valence-electron chi connectivity index (χ2n) is 7.06. The number of carbonyl (C=O) groups is 1. The van der Waals surface area contributed by atoms with Gasteiger partial charge in [0, 0.05) is 36.6 Å². The van der Waals surface area contributed by atoms with Gasteiger partial charge in [0.05, 0.1) is 12.3 Å². The second-order valence-corrected chi connectivity index (χ2v) is 8.10. The van der Waals surface area contributed by atoms with Gasteiger partial charge in [0.15, 0.2) is 5.16 Å². The second kappa shape index (κ2) is 9.19. The van der Waals surface area contributed by atoms with Gasteiger partial charge < -0.3 is 19.6 Å². The lowest BCUT2D eigenvalue weighted by atomic mass is 10.2. The quantitative estimate of drug-likeness (QED) is 0.612. The summed E-state index contributed by atoms with van der Waals surface area (Å²) >= 11 is 1.58. The first-order valence-electron chi connectivity index (χ1n) is 9.76. The summed E-state index contributed by atoms with van der Waals surface area (Å²) in [6, 6.07) is 11.5. The molecule has 3 aromatic rings. The summed E-state index contributed by atoms with van der Waals surface area (Å²) in [4.78, 5) is 20.1. The minimum atomic E-state index is -0.217. The summed E-state index contributed by atoms with van der Waals surface area (Å²) < 4.78 is 7.57. The Labute approximate surface area is 174 Å². The van der Waals surface area contributed by atoms with Gasteiger partial charge in [-0.1, -0.05) is 11.8 Å². The van der Waals surface area contributed by atoms with Crippen LogP contribution in [0.25, 0.3) is 0 Å². The Kier molecular flexibility index (Phi) is 6.21. The van der Waals surface area contributed by atoms with Crippen LogP contribution in [0.2, 0.25) is 0 Å². The average molecular weight is 412 g/mol. The fourth-order valence-corrected chi connectivity index (χ4v) is 4.27. The molecule has 1 aliphatic rings. The molecule has 1 unspecified atom stereocenters. The number of aryl methyl sites for hydroxylation is 1. The Morgan fingerprint density at radius 3 is 2.69 bits per heavy atom. The van der Waals surface area contributed by atoms with Crippen LogP contribution in [0.3, 0.4) is 0 Å². The standard InChI is InChI=1S/C21H25N5O2S/c1-25-13-10-22-21(25)29-17-8-6-16(7-9-17)24-20(27)23-15-18(19-5-4-14-28-19)26-11-2-3-12-26/h4-10,13-14,18H,2-3,11-12,15H2,1H3,(H2,23,24,27). The predicted molar refractivity (Wildman–Crippen MR) is 113 cm³/mol. The fourth-order valence-electron chi connectivity index (χ4n) is 3.47. The largest absolute Gasteiger partial charge is 0.468 e. The van der Waals surface area contributed by atoms with E-state index in [4.69, 9.17) is 4.42 Å². The molecule has 3 heterocycles. The van der Waals surface area contributed by atoms with E-state index in [2.05, 4.69) is 20.5 Å². The van der Waals surface area contributed by atoms with E-state index in [9.17, 15) is 4.79 Å². The molecule has 152 valence electrons. The Balaban J connectivity index is 1.31. The van der Waals surface area contributed by atoms with Crippen LogP contribution in [0.4, 0.5) is 10.5 Å². The first kappa shape index (κ1) is 19.6. The molecule has 2 N–H and O–H groups in total. The van der Waals surface area contributed by atoms with Gasteiger partial charge in [-0.05, 0) is 62.3 Å². The maximum absolute atomic E-state index is 12.4. The molecule has 1 atom stereocenters. The molecule has 0 saturated carbocycles. The topological polar surface area (TPSA) is 75.3 Å². The third-order valence-corrected chi connectivity index (χ3v) is 6.09. The van der Waals surface area contributed by atoms with E-state index in [-0.39, 0.29) is 12.1 Å². The Morgan fingerprint density at radius 1 is 1.24 bits per heavy atom. The monoisotopic (exact) mass is 411 g/mol. The first-order chi connectivity index (χ1) is 14.2. The number of hydrogen-bond donors (Lipinski definition) is 2. The number of rotatable bonds is 7.